The van der Waals surface area contributed by atoms with Gasteiger partial charge in [-0.3, -0.25) is 4.79 Å². The summed E-state index contributed by atoms with van der Waals surface area (Å²) in [5, 5.41) is 17.0. The van der Waals surface area contributed by atoms with E-state index in [2.05, 4.69) is 35.9 Å². The Morgan fingerprint density at radius 3 is 2.76 bits per heavy atom. The summed E-state index contributed by atoms with van der Waals surface area (Å²) in [7, 11) is 2.96. The van der Waals surface area contributed by atoms with Gasteiger partial charge in [0.15, 0.2) is 18.2 Å². The second kappa shape index (κ2) is 8.67. The average Bonchev–Trinajstić information content (AvgIpc) is 3.56. The highest BCUT2D eigenvalue weighted by Crippen LogP contribution is 2.71. The Balaban J connectivity index is 1.36. The summed E-state index contributed by atoms with van der Waals surface area (Å²) < 4.78 is 28.8. The van der Waals surface area contributed by atoms with Gasteiger partial charge in [-0.05, 0) is 42.9 Å². The third kappa shape index (κ3) is 3.22. The normalized spacial score (nSPS) is 38.6. The lowest BCUT2D eigenvalue weighted by Crippen LogP contribution is -2.75. The quantitative estimate of drug-likeness (QED) is 0.472. The first-order valence-electron chi connectivity index (χ1n) is 14.2. The van der Waals surface area contributed by atoms with E-state index in [1.165, 1.54) is 25.9 Å². The maximum Gasteiger partial charge on any atom is 0.407 e. The summed E-state index contributed by atoms with van der Waals surface area (Å²) in [6.45, 7) is 8.22. The highest BCUT2D eigenvalue weighted by Gasteiger charge is 2.78. The molecule has 1 aromatic heterocycles. The summed E-state index contributed by atoms with van der Waals surface area (Å²) in [4.78, 5) is 30.1. The smallest absolute Gasteiger partial charge is 0.407 e. The van der Waals surface area contributed by atoms with Crippen molar-refractivity contribution in [2.45, 2.75) is 74.8 Å². The summed E-state index contributed by atoms with van der Waals surface area (Å²) in [5.74, 6) is -1.40. The van der Waals surface area contributed by atoms with Gasteiger partial charge in [0.25, 0.3) is 0 Å². The number of ether oxygens (including phenoxy) is 5. The number of hydrogen-bond donors (Lipinski definition) is 3. The molecule has 7 atom stereocenters. The summed E-state index contributed by atoms with van der Waals surface area (Å²) in [5.41, 5.74) is 0.454. The maximum atomic E-state index is 13.2. The molecular formula is C31H36N2O8. The number of fused-ring (bicyclic) bond motifs is 9. The number of aliphatic hydroxyl groups is 1. The molecule has 10 nitrogen and oxygen atoms in total. The van der Waals surface area contributed by atoms with Gasteiger partial charge in [-0.2, -0.15) is 0 Å². The SMILES string of the molecule is C=C1O[C@@]23CC[C@]4(C)[C@@]5(C)c6[nH]c7ccccc7c6C[C@@H]5C[C@H](OC(=O)NCC(OC)OC)[C@@]4(O)C2=CC(=O)[C@@H]1O3. The maximum absolute atomic E-state index is 13.2. The van der Waals surface area contributed by atoms with Crippen LogP contribution in [0.1, 0.15) is 44.4 Å². The Kier molecular flexibility index (Phi) is 5.65. The molecule has 7 rings (SSSR count). The summed E-state index contributed by atoms with van der Waals surface area (Å²) in [6, 6.07) is 8.22. The van der Waals surface area contributed by atoms with Crippen molar-refractivity contribution in [3.63, 3.8) is 0 Å². The number of ketones is 1. The average molecular weight is 565 g/mol. The number of carbonyl (C=O) groups excluding carboxylic acids is 2. The van der Waals surface area contributed by atoms with Crippen molar-refractivity contribution in [1.29, 1.82) is 0 Å². The van der Waals surface area contributed by atoms with Crippen molar-refractivity contribution in [3.05, 3.63) is 59.5 Å². The first-order chi connectivity index (χ1) is 19.5. The molecule has 3 heterocycles. The number of nitrogens with one attached hydrogen (secondary N) is 2. The number of aromatic nitrogens is 1. The predicted molar refractivity (Wildman–Crippen MR) is 147 cm³/mol. The molecule has 1 aromatic carbocycles. The molecule has 2 aromatic rings. The molecule has 41 heavy (non-hydrogen) atoms. The number of carbonyl (C=O) groups is 2. The van der Waals surface area contributed by atoms with Gasteiger partial charge in [-0.25, -0.2) is 4.79 Å². The molecule has 10 heteroatoms. The Labute approximate surface area is 238 Å². The Hall–Kier alpha value is -3.18. The van der Waals surface area contributed by atoms with Gasteiger partial charge >= 0.3 is 6.09 Å². The van der Waals surface area contributed by atoms with E-state index >= 15 is 0 Å². The number of methoxy groups -OCH3 is 2. The van der Waals surface area contributed by atoms with Crippen LogP contribution in [0.5, 0.6) is 0 Å². The van der Waals surface area contributed by atoms with Crippen molar-refractivity contribution in [2.75, 3.05) is 20.8 Å². The largest absolute Gasteiger partial charge is 0.460 e. The van der Waals surface area contributed by atoms with E-state index in [1.807, 2.05) is 19.1 Å². The van der Waals surface area contributed by atoms with Crippen molar-refractivity contribution >= 4 is 22.8 Å². The number of alkyl carbamates (subject to hydrolysis) is 1. The molecule has 1 spiro atoms. The zero-order valence-electron chi connectivity index (χ0n) is 23.7. The third-order valence-electron chi connectivity index (χ3n) is 11.0. The van der Waals surface area contributed by atoms with Crippen LogP contribution >= 0.6 is 0 Å². The Bertz CT molecular complexity index is 1510. The standard InChI is InChI=1S/C31H36N2O8/c1-16-25-21(34)14-22-30(40-16,41-25)11-10-28(2)29(3)17(12-19-18-8-6-7-9-20(18)33-26(19)29)13-23(31(22,28)36)39-27(35)32-15-24(37-4)38-5/h6-9,14,17,23-25,33,36H,1,10-13,15H2,2-5H3,(H,32,35)/t17-,23+,25-,28-,29-,30-,31+/m1/s1. The van der Waals surface area contributed by atoms with Gasteiger partial charge in [-0.15, -0.1) is 0 Å². The molecular weight excluding hydrogens is 528 g/mol. The van der Waals surface area contributed by atoms with Crippen LogP contribution in [-0.2, 0) is 40.3 Å². The van der Waals surface area contributed by atoms with Crippen molar-refractivity contribution < 1.29 is 38.4 Å². The van der Waals surface area contributed by atoms with Gasteiger partial charge in [0.1, 0.15) is 17.5 Å². The zero-order valence-corrected chi connectivity index (χ0v) is 23.7. The predicted octanol–water partition coefficient (Wildman–Crippen LogP) is 3.38. The molecule has 218 valence electrons. The van der Waals surface area contributed by atoms with Crippen molar-refractivity contribution in [1.82, 2.24) is 10.3 Å². The molecule has 3 aliphatic carbocycles. The molecule has 0 unspecified atom stereocenters. The third-order valence-corrected chi connectivity index (χ3v) is 11.0. The molecule has 2 saturated carbocycles. The number of rotatable bonds is 5. The van der Waals surface area contributed by atoms with E-state index in [9.17, 15) is 14.7 Å². The second-order valence-corrected chi connectivity index (χ2v) is 12.4. The molecule has 1 saturated heterocycles. The van der Waals surface area contributed by atoms with E-state index in [-0.39, 0.29) is 24.0 Å². The number of aromatic amines is 1. The van der Waals surface area contributed by atoms with Crippen LogP contribution in [-0.4, -0.2) is 72.6 Å². The van der Waals surface area contributed by atoms with E-state index < -0.39 is 46.8 Å². The summed E-state index contributed by atoms with van der Waals surface area (Å²) >= 11 is 0. The molecule has 5 aliphatic rings. The van der Waals surface area contributed by atoms with Crippen LogP contribution < -0.4 is 5.32 Å². The lowest BCUT2D eigenvalue weighted by atomic mass is 9.41. The highest BCUT2D eigenvalue weighted by atomic mass is 16.8. The molecule has 0 radical (unpaired) electrons. The molecule has 3 fully saturated rings. The minimum atomic E-state index is -1.79. The van der Waals surface area contributed by atoms with Crippen LogP contribution in [0.2, 0.25) is 0 Å². The van der Waals surface area contributed by atoms with Crippen LogP contribution in [0.4, 0.5) is 4.79 Å². The van der Waals surface area contributed by atoms with Crippen LogP contribution in [0.15, 0.2) is 48.3 Å². The minimum absolute atomic E-state index is 0.0594. The number of para-hydroxylation sites is 1. The fourth-order valence-corrected chi connectivity index (χ4v) is 8.66. The monoisotopic (exact) mass is 564 g/mol. The van der Waals surface area contributed by atoms with Gasteiger partial charge < -0.3 is 39.1 Å². The fraction of sp³-hybridized carbons (Fsp3) is 0.548. The highest BCUT2D eigenvalue weighted by molar-refractivity contribution is 5.98. The first-order valence-corrected chi connectivity index (χ1v) is 14.2. The number of benzene rings is 1. The van der Waals surface area contributed by atoms with Gasteiger partial charge in [0.2, 0.25) is 5.79 Å². The van der Waals surface area contributed by atoms with E-state index in [1.54, 1.807) is 0 Å². The number of amides is 1. The first kappa shape index (κ1) is 26.7. The van der Waals surface area contributed by atoms with Crippen LogP contribution in [0, 0.1) is 11.3 Å². The molecule has 1 amide bonds. The molecule has 2 aliphatic heterocycles. The van der Waals surface area contributed by atoms with E-state index in [0.29, 0.717) is 24.8 Å². The Morgan fingerprint density at radius 2 is 2.00 bits per heavy atom. The number of hydrogen-bond acceptors (Lipinski definition) is 8. The van der Waals surface area contributed by atoms with E-state index in [4.69, 9.17) is 23.7 Å². The zero-order chi connectivity index (χ0) is 28.9. The minimum Gasteiger partial charge on any atom is -0.460 e. The van der Waals surface area contributed by atoms with Gasteiger partial charge in [0.05, 0.1) is 6.54 Å². The molecule has 2 bridgehead atoms. The fourth-order valence-electron chi connectivity index (χ4n) is 8.66. The van der Waals surface area contributed by atoms with E-state index in [0.717, 1.165) is 23.0 Å². The van der Waals surface area contributed by atoms with Gasteiger partial charge in [-0.1, -0.05) is 38.6 Å². The van der Waals surface area contributed by atoms with Crippen LogP contribution in [0.25, 0.3) is 10.9 Å². The van der Waals surface area contributed by atoms with Gasteiger partial charge in [0, 0.05) is 53.6 Å². The second-order valence-electron chi connectivity index (χ2n) is 12.4. The van der Waals surface area contributed by atoms with Crippen molar-refractivity contribution in [3.8, 4) is 0 Å². The topological polar surface area (TPSA) is 128 Å². The lowest BCUT2D eigenvalue weighted by molar-refractivity contribution is -0.266. The van der Waals surface area contributed by atoms with Crippen LogP contribution in [0.3, 0.4) is 0 Å². The molecule has 3 N–H and O–H groups in total. The Morgan fingerprint density at radius 1 is 1.24 bits per heavy atom. The van der Waals surface area contributed by atoms with Crippen molar-refractivity contribution in [2.24, 2.45) is 11.3 Å². The summed E-state index contributed by atoms with van der Waals surface area (Å²) in [6.07, 6.45) is 0.242. The number of H-pyrrole nitrogens is 1. The lowest BCUT2D eigenvalue weighted by Gasteiger charge is -2.66.